The summed E-state index contributed by atoms with van der Waals surface area (Å²) in [4.78, 5) is 12.7. The molecule has 0 bridgehead atoms. The van der Waals surface area contributed by atoms with Gasteiger partial charge in [-0.2, -0.15) is 0 Å². The van der Waals surface area contributed by atoms with E-state index in [1.165, 1.54) is 12.1 Å². The lowest BCUT2D eigenvalue weighted by atomic mass is 10.1. The summed E-state index contributed by atoms with van der Waals surface area (Å²) in [6.07, 6.45) is -0.236. The lowest BCUT2D eigenvalue weighted by Crippen LogP contribution is -2.53. The summed E-state index contributed by atoms with van der Waals surface area (Å²) in [6, 6.07) is 12.8. The number of nitrogens with one attached hydrogen (secondary N) is 3. The van der Waals surface area contributed by atoms with Crippen LogP contribution in [0.2, 0.25) is 0 Å². The van der Waals surface area contributed by atoms with E-state index in [4.69, 9.17) is 4.74 Å². The number of carbonyl (C=O) groups is 1. The number of anilines is 2. The summed E-state index contributed by atoms with van der Waals surface area (Å²) in [7, 11) is -3.71. The van der Waals surface area contributed by atoms with Gasteiger partial charge in [-0.15, -0.1) is 12.4 Å². The van der Waals surface area contributed by atoms with E-state index < -0.39 is 16.1 Å². The standard InChI is InChI=1S/C19H23N3O4S.ClH/c1-13-8-9-15(21-19(23)18-14(2)26-11-10-20-18)12-17(13)22-27(24,25)16-6-4-3-5-7-16;/h3-9,12,14,18,20,22H,10-11H2,1-2H3,(H,21,23);1H/t14-,18+;/m1./s1. The van der Waals surface area contributed by atoms with Gasteiger partial charge < -0.3 is 15.4 Å². The highest BCUT2D eigenvalue weighted by Crippen LogP contribution is 2.24. The lowest BCUT2D eigenvalue weighted by molar-refractivity contribution is -0.123. The fraction of sp³-hybridized carbons (Fsp3) is 0.316. The minimum atomic E-state index is -3.71. The molecule has 28 heavy (non-hydrogen) atoms. The van der Waals surface area contributed by atoms with Gasteiger partial charge in [-0.1, -0.05) is 24.3 Å². The zero-order chi connectivity index (χ0) is 19.4. The van der Waals surface area contributed by atoms with E-state index in [0.29, 0.717) is 24.5 Å². The quantitative estimate of drug-likeness (QED) is 0.684. The molecule has 1 aliphatic heterocycles. The predicted octanol–water partition coefficient (Wildman–Crippen LogP) is 2.53. The normalized spacial score (nSPS) is 19.4. The first-order chi connectivity index (χ1) is 12.9. The number of carbonyl (C=O) groups excluding carboxylic acids is 1. The molecule has 0 spiro atoms. The van der Waals surface area contributed by atoms with Gasteiger partial charge in [0.1, 0.15) is 6.04 Å². The number of halogens is 1. The van der Waals surface area contributed by atoms with Crippen LogP contribution < -0.4 is 15.4 Å². The topological polar surface area (TPSA) is 96.5 Å². The third-order valence-electron chi connectivity index (χ3n) is 4.40. The van der Waals surface area contributed by atoms with Crippen LogP contribution in [0.1, 0.15) is 12.5 Å². The van der Waals surface area contributed by atoms with Crippen molar-refractivity contribution in [3.8, 4) is 0 Å². The fourth-order valence-corrected chi connectivity index (χ4v) is 4.00. The molecule has 1 aliphatic rings. The zero-order valence-corrected chi connectivity index (χ0v) is 17.3. The van der Waals surface area contributed by atoms with Crippen LogP contribution in [0, 0.1) is 6.92 Å². The molecule has 1 heterocycles. The lowest BCUT2D eigenvalue weighted by Gasteiger charge is -2.29. The van der Waals surface area contributed by atoms with Crippen LogP contribution in [0.3, 0.4) is 0 Å². The summed E-state index contributed by atoms with van der Waals surface area (Å²) in [5, 5.41) is 5.95. The van der Waals surface area contributed by atoms with Crippen molar-refractivity contribution in [2.24, 2.45) is 0 Å². The Bertz CT molecular complexity index is 922. The predicted molar refractivity (Wildman–Crippen MR) is 112 cm³/mol. The Morgan fingerprint density at radius 1 is 1.18 bits per heavy atom. The van der Waals surface area contributed by atoms with Crippen molar-refractivity contribution in [3.05, 3.63) is 54.1 Å². The van der Waals surface area contributed by atoms with Gasteiger partial charge in [-0.25, -0.2) is 8.42 Å². The van der Waals surface area contributed by atoms with Crippen molar-refractivity contribution in [1.29, 1.82) is 0 Å². The smallest absolute Gasteiger partial charge is 0.261 e. The Labute approximate surface area is 171 Å². The van der Waals surface area contributed by atoms with Gasteiger partial charge in [-0.05, 0) is 43.7 Å². The molecule has 2 aromatic rings. The number of aryl methyl sites for hydroxylation is 1. The van der Waals surface area contributed by atoms with Crippen molar-refractivity contribution >= 4 is 39.7 Å². The monoisotopic (exact) mass is 425 g/mol. The van der Waals surface area contributed by atoms with E-state index in [2.05, 4.69) is 15.4 Å². The molecule has 2 aromatic carbocycles. The van der Waals surface area contributed by atoms with Gasteiger partial charge in [0.15, 0.2) is 0 Å². The summed E-state index contributed by atoms with van der Waals surface area (Å²) < 4.78 is 33.2. The molecule has 0 radical (unpaired) electrons. The zero-order valence-electron chi connectivity index (χ0n) is 15.6. The van der Waals surface area contributed by atoms with E-state index in [0.717, 1.165) is 5.56 Å². The van der Waals surface area contributed by atoms with E-state index in [-0.39, 0.29) is 29.3 Å². The van der Waals surface area contributed by atoms with Crippen molar-refractivity contribution in [2.75, 3.05) is 23.2 Å². The summed E-state index contributed by atoms with van der Waals surface area (Å²) in [5.74, 6) is -0.220. The Kier molecular flexibility index (Phi) is 7.42. The molecular formula is C19H24ClN3O4S. The summed E-state index contributed by atoms with van der Waals surface area (Å²) >= 11 is 0. The third-order valence-corrected chi connectivity index (χ3v) is 5.78. The maximum absolute atomic E-state index is 12.6. The molecular weight excluding hydrogens is 402 g/mol. The van der Waals surface area contributed by atoms with Gasteiger partial charge in [0, 0.05) is 12.2 Å². The molecule has 152 valence electrons. The molecule has 3 N–H and O–H groups in total. The largest absolute Gasteiger partial charge is 0.375 e. The van der Waals surface area contributed by atoms with Crippen LogP contribution >= 0.6 is 12.4 Å². The van der Waals surface area contributed by atoms with Crippen LogP contribution in [-0.4, -0.2) is 39.6 Å². The molecule has 1 saturated heterocycles. The molecule has 0 unspecified atom stereocenters. The van der Waals surface area contributed by atoms with Crippen molar-refractivity contribution < 1.29 is 17.9 Å². The number of benzene rings is 2. The van der Waals surface area contributed by atoms with Crippen LogP contribution in [0.4, 0.5) is 11.4 Å². The molecule has 2 atom stereocenters. The first kappa shape index (κ1) is 22.2. The summed E-state index contributed by atoms with van der Waals surface area (Å²) in [6.45, 7) is 4.82. The number of hydrogen-bond donors (Lipinski definition) is 3. The first-order valence-electron chi connectivity index (χ1n) is 8.71. The average Bonchev–Trinajstić information content (AvgIpc) is 2.65. The number of amides is 1. The van der Waals surface area contributed by atoms with Gasteiger partial charge in [-0.3, -0.25) is 9.52 Å². The molecule has 1 amide bonds. The van der Waals surface area contributed by atoms with Crippen molar-refractivity contribution in [3.63, 3.8) is 0 Å². The van der Waals surface area contributed by atoms with Crippen molar-refractivity contribution in [2.45, 2.75) is 30.9 Å². The average molecular weight is 426 g/mol. The van der Waals surface area contributed by atoms with E-state index >= 15 is 0 Å². The minimum Gasteiger partial charge on any atom is -0.375 e. The first-order valence-corrected chi connectivity index (χ1v) is 10.2. The van der Waals surface area contributed by atoms with Crippen molar-refractivity contribution in [1.82, 2.24) is 5.32 Å². The molecule has 9 heteroatoms. The second kappa shape index (κ2) is 9.38. The fourth-order valence-electron chi connectivity index (χ4n) is 2.86. The molecule has 7 nitrogen and oxygen atoms in total. The number of rotatable bonds is 5. The highest BCUT2D eigenvalue weighted by molar-refractivity contribution is 7.92. The van der Waals surface area contributed by atoms with Crippen LogP contribution in [0.5, 0.6) is 0 Å². The third kappa shape index (κ3) is 5.23. The minimum absolute atomic E-state index is 0. The highest BCUT2D eigenvalue weighted by atomic mass is 35.5. The maximum Gasteiger partial charge on any atom is 0.261 e. The Morgan fingerprint density at radius 3 is 2.57 bits per heavy atom. The van der Waals surface area contributed by atoms with E-state index in [1.54, 1.807) is 43.3 Å². The summed E-state index contributed by atoms with van der Waals surface area (Å²) in [5.41, 5.74) is 1.67. The number of sulfonamides is 1. The van der Waals surface area contributed by atoms with E-state index in [9.17, 15) is 13.2 Å². The highest BCUT2D eigenvalue weighted by Gasteiger charge is 2.28. The van der Waals surface area contributed by atoms with Gasteiger partial charge in [0.05, 0.1) is 23.3 Å². The molecule has 0 aromatic heterocycles. The Morgan fingerprint density at radius 2 is 1.89 bits per heavy atom. The van der Waals surface area contributed by atoms with Gasteiger partial charge >= 0.3 is 0 Å². The second-order valence-corrected chi connectivity index (χ2v) is 8.13. The number of morpholine rings is 1. The molecule has 0 aliphatic carbocycles. The molecule has 0 saturated carbocycles. The number of ether oxygens (including phenoxy) is 1. The van der Waals surface area contributed by atoms with Crippen LogP contribution in [0.25, 0.3) is 0 Å². The van der Waals surface area contributed by atoms with E-state index in [1.807, 2.05) is 6.92 Å². The van der Waals surface area contributed by atoms with Crippen LogP contribution in [-0.2, 0) is 19.6 Å². The molecule has 3 rings (SSSR count). The SMILES string of the molecule is Cc1ccc(NC(=O)[C@H]2NCCO[C@@H]2C)cc1NS(=O)(=O)c1ccccc1.Cl. The number of hydrogen-bond acceptors (Lipinski definition) is 5. The van der Waals surface area contributed by atoms with Crippen LogP contribution in [0.15, 0.2) is 53.4 Å². The maximum atomic E-state index is 12.6. The van der Waals surface area contributed by atoms with Gasteiger partial charge in [0.2, 0.25) is 5.91 Å². The second-order valence-electron chi connectivity index (χ2n) is 6.45. The Hall–Kier alpha value is -2.13. The Balaban J connectivity index is 0.00000280. The van der Waals surface area contributed by atoms with Gasteiger partial charge in [0.25, 0.3) is 10.0 Å². The molecule has 1 fully saturated rings.